The molecule has 0 unspecified atom stereocenters. The Kier molecular flexibility index (Phi) is 16.5. The van der Waals surface area contributed by atoms with Crippen LogP contribution in [0.1, 0.15) is 0 Å². The number of hydrogen-bond acceptors (Lipinski definition) is 2. The van der Waals surface area contributed by atoms with Crippen molar-refractivity contribution in [2.45, 2.75) is 6.18 Å². The van der Waals surface area contributed by atoms with Crippen LogP contribution in [-0.4, -0.2) is 13.3 Å². The number of rotatable bonds is 1. The van der Waals surface area contributed by atoms with Crippen LogP contribution in [-0.2, 0) is 0 Å². The molecule has 0 aliphatic rings. The van der Waals surface area contributed by atoms with Crippen LogP contribution >= 0.6 is 0 Å². The van der Waals surface area contributed by atoms with E-state index in [1.54, 1.807) is 0 Å². The molecule has 0 aromatic rings. The molecule has 0 heterocycles. The number of alkyl halides is 3. The fourth-order valence-corrected chi connectivity index (χ4v) is 0.188. The fourth-order valence-electron chi connectivity index (χ4n) is 0.188. The molecule has 0 bridgehead atoms. The van der Waals surface area contributed by atoms with E-state index in [4.69, 9.17) is 0 Å². The molecule has 0 saturated carbocycles. The Morgan fingerprint density at radius 1 is 1.09 bits per heavy atom. The Labute approximate surface area is 148 Å². The van der Waals surface area contributed by atoms with Gasteiger partial charge in [0.15, 0.2) is 0 Å². The Balaban J connectivity index is -0.000000320. The van der Waals surface area contributed by atoms with Crippen molar-refractivity contribution < 1.29 is 126 Å². The van der Waals surface area contributed by atoms with Crippen molar-refractivity contribution >= 4 is 7.12 Å². The summed E-state index contributed by atoms with van der Waals surface area (Å²) in [5.74, 6) is 0.0139. The summed E-state index contributed by atoms with van der Waals surface area (Å²) in [6, 6.07) is 0. The van der Waals surface area contributed by atoms with Crippen molar-refractivity contribution in [1.29, 1.82) is 0 Å². The molecule has 11 heavy (non-hydrogen) atoms. The molecule has 0 saturated heterocycles. The molecule has 0 aliphatic heterocycles. The summed E-state index contributed by atoms with van der Waals surface area (Å²) in [6.45, 7) is 0. The third-order valence-corrected chi connectivity index (χ3v) is 0.442. The van der Waals surface area contributed by atoms with Crippen LogP contribution in [0, 0.1) is 0 Å². The van der Waals surface area contributed by atoms with E-state index >= 15 is 0 Å². The second-order valence-electron chi connectivity index (χ2n) is 1.27. The number of hydrogen-bond donors (Lipinski definition) is 0. The van der Waals surface area contributed by atoms with E-state index in [2.05, 4.69) is 0 Å². The van der Waals surface area contributed by atoms with Gasteiger partial charge in [-0.1, -0.05) is 7.12 Å². The Hall–Kier alpha value is 2.79. The van der Waals surface area contributed by atoms with Crippen molar-refractivity contribution in [3.05, 3.63) is 12.1 Å². The molecular weight excluding hydrogens is 214 g/mol. The first kappa shape index (κ1) is 19.4. The van der Waals surface area contributed by atoms with Crippen LogP contribution in [0.2, 0.25) is 0 Å². The number of halogens is 3. The van der Waals surface area contributed by atoms with E-state index in [0.29, 0.717) is 0 Å². The molecule has 0 N–H and O–H groups in total. The van der Waals surface area contributed by atoms with Gasteiger partial charge in [-0.2, -0.15) is 19.1 Å². The maximum absolute atomic E-state index is 11.1. The van der Waals surface area contributed by atoms with Crippen molar-refractivity contribution in [1.82, 2.24) is 0 Å². The van der Waals surface area contributed by atoms with Crippen molar-refractivity contribution in [3.8, 4) is 0 Å². The molecule has 0 atom stereocenters. The first-order valence-corrected chi connectivity index (χ1v) is 1.99. The zero-order valence-corrected chi connectivity index (χ0v) is 12.4. The molecule has 2 nitrogen and oxygen atoms in total. The summed E-state index contributed by atoms with van der Waals surface area (Å²) in [6.07, 6.45) is -4.91. The average molecular weight is 216 g/mol. The Bertz CT molecular complexity index is 116. The zero-order chi connectivity index (χ0) is 7.49. The van der Waals surface area contributed by atoms with Gasteiger partial charge >= 0.3 is 109 Å². The summed E-state index contributed by atoms with van der Waals surface area (Å²) in [7, 11) is -2.54. The van der Waals surface area contributed by atoms with Gasteiger partial charge in [-0.3, -0.25) is 0 Å². The van der Waals surface area contributed by atoms with E-state index in [-0.39, 0.29) is 115 Å². The fraction of sp³-hybridized carbons (Fsp3) is 0.333. The normalized spacial score (nSPS) is 10.3. The third kappa shape index (κ3) is 19.3. The van der Waals surface area contributed by atoms with E-state index < -0.39 is 13.3 Å². The quantitative estimate of drug-likeness (QED) is 0.409. The van der Waals surface area contributed by atoms with Crippen LogP contribution in [0.5, 0.6) is 0 Å². The maximum atomic E-state index is 11.1. The molecule has 0 radical (unpaired) electrons. The first-order valence-electron chi connectivity index (χ1n) is 1.99. The minimum absolute atomic E-state index is 0. The van der Waals surface area contributed by atoms with Gasteiger partial charge in [0.05, 0.1) is 0 Å². The van der Waals surface area contributed by atoms with Gasteiger partial charge in [-0.15, -0.1) is 0 Å². The molecule has 0 aliphatic carbocycles. The van der Waals surface area contributed by atoms with Crippen molar-refractivity contribution in [2.75, 3.05) is 0 Å². The summed E-state index contributed by atoms with van der Waals surface area (Å²) in [4.78, 5) is 0. The van der Waals surface area contributed by atoms with Gasteiger partial charge in [-0.25, -0.2) is 0 Å². The van der Waals surface area contributed by atoms with Crippen LogP contribution in [0.25, 0.3) is 0 Å². The average Bonchev–Trinajstić information content (AvgIpc) is 1.59. The third-order valence-electron chi connectivity index (χ3n) is 0.442. The minimum Gasteiger partial charge on any atom is -0.890 e. The molecule has 0 amide bonds. The first-order chi connectivity index (χ1) is 3.92. The van der Waals surface area contributed by atoms with Gasteiger partial charge in [0, 0.05) is 6.08 Å². The Morgan fingerprint density at radius 2 is 1.45 bits per heavy atom. The molecule has 8 heteroatoms. The van der Waals surface area contributed by atoms with Gasteiger partial charge in [0.2, 0.25) is 0 Å². The topological polar surface area (TPSA) is 46.1 Å². The second-order valence-corrected chi connectivity index (χ2v) is 1.27. The van der Waals surface area contributed by atoms with E-state index in [1.807, 2.05) is 0 Å². The zero-order valence-electron chi connectivity index (χ0n) is 6.18. The van der Waals surface area contributed by atoms with Gasteiger partial charge in [-0.05, 0) is 0 Å². The molecule has 0 aromatic heterocycles. The largest absolute Gasteiger partial charge is 1.00 e. The predicted octanol–water partition coefficient (Wildman–Crippen LogP) is -7.14. The summed E-state index contributed by atoms with van der Waals surface area (Å²) >= 11 is 0. The van der Waals surface area contributed by atoms with Crippen LogP contribution in [0.15, 0.2) is 12.1 Å². The summed E-state index contributed by atoms with van der Waals surface area (Å²) < 4.78 is 33.2. The predicted molar refractivity (Wildman–Crippen MR) is 20.9 cm³/mol. The SMILES string of the molecule is [K+].[K+].[O-]B([O-])/C=C/C(F)(F)F. The molecule has 0 aromatic carbocycles. The molecule has 0 fully saturated rings. The maximum Gasteiger partial charge on any atom is 1.00 e. The summed E-state index contributed by atoms with van der Waals surface area (Å²) in [5, 5.41) is 18.9. The number of allylic oxidation sites excluding steroid dienone is 1. The van der Waals surface area contributed by atoms with Crippen LogP contribution < -0.4 is 113 Å². The van der Waals surface area contributed by atoms with E-state index in [9.17, 15) is 23.2 Å². The van der Waals surface area contributed by atoms with Crippen LogP contribution in [0.4, 0.5) is 13.2 Å². The van der Waals surface area contributed by atoms with Crippen LogP contribution in [0.3, 0.4) is 0 Å². The summed E-state index contributed by atoms with van der Waals surface area (Å²) in [5.41, 5.74) is 0. The molecule has 0 rings (SSSR count). The van der Waals surface area contributed by atoms with Gasteiger partial charge in [0.25, 0.3) is 0 Å². The molecular formula is C3H2BF3K2O2. The monoisotopic (exact) mass is 216 g/mol. The second kappa shape index (κ2) is 9.35. The van der Waals surface area contributed by atoms with Crippen molar-refractivity contribution in [3.63, 3.8) is 0 Å². The van der Waals surface area contributed by atoms with Crippen molar-refractivity contribution in [2.24, 2.45) is 0 Å². The smallest absolute Gasteiger partial charge is 0.890 e. The van der Waals surface area contributed by atoms with Gasteiger partial charge in [0.1, 0.15) is 0 Å². The molecule has 0 spiro atoms. The molecule has 52 valence electrons. The minimum atomic E-state index is -4.55. The van der Waals surface area contributed by atoms with Gasteiger partial charge < -0.3 is 10.0 Å². The Morgan fingerprint density at radius 3 is 1.55 bits per heavy atom. The van der Waals surface area contributed by atoms with E-state index in [1.165, 1.54) is 0 Å². The standard InChI is InChI=1S/C3H2BF3O2.2K/c5-3(6,7)1-2-4(8)9;;/h1-2H;;/q-2;2*+1/b2-1+;;. The van der Waals surface area contributed by atoms with E-state index in [0.717, 1.165) is 0 Å².